The van der Waals surface area contributed by atoms with Crippen LogP contribution >= 0.6 is 11.3 Å². The van der Waals surface area contributed by atoms with Crippen LogP contribution in [0.5, 0.6) is 0 Å². The molecule has 0 atom stereocenters. The van der Waals surface area contributed by atoms with Crippen LogP contribution in [0.1, 0.15) is 26.4 Å². The number of hydrogen-bond donors (Lipinski definition) is 0. The Balaban J connectivity index is 2.26. The standard InChI is InChI=1S/C15H16N2O3S/c1-10-7-8-21-14(10)9-16(3)15(18)12-5-4-6-13(11(12)2)17(19)20/h4-8H,9H2,1-3H3. The van der Waals surface area contributed by atoms with Crippen molar-refractivity contribution in [1.82, 2.24) is 4.90 Å². The lowest BCUT2D eigenvalue weighted by Gasteiger charge is -2.18. The SMILES string of the molecule is Cc1ccsc1CN(C)C(=O)c1cccc([N+](=O)[O-])c1C. The van der Waals surface area contributed by atoms with Crippen molar-refractivity contribution in [3.05, 3.63) is 61.3 Å². The summed E-state index contributed by atoms with van der Waals surface area (Å²) in [6.07, 6.45) is 0. The predicted octanol–water partition coefficient (Wildman–Crippen LogP) is 3.55. The van der Waals surface area contributed by atoms with Gasteiger partial charge in [-0.2, -0.15) is 0 Å². The number of rotatable bonds is 4. The van der Waals surface area contributed by atoms with Gasteiger partial charge in [-0.05, 0) is 36.9 Å². The maximum absolute atomic E-state index is 12.5. The van der Waals surface area contributed by atoms with Crippen LogP contribution in [-0.4, -0.2) is 22.8 Å². The van der Waals surface area contributed by atoms with Gasteiger partial charge in [-0.15, -0.1) is 11.3 Å². The first-order valence-corrected chi connectivity index (χ1v) is 7.32. The number of aryl methyl sites for hydroxylation is 1. The molecule has 0 spiro atoms. The van der Waals surface area contributed by atoms with Gasteiger partial charge in [0.1, 0.15) is 0 Å². The fourth-order valence-electron chi connectivity index (χ4n) is 2.11. The normalized spacial score (nSPS) is 10.4. The molecule has 0 saturated heterocycles. The zero-order valence-corrected chi connectivity index (χ0v) is 12.9. The third kappa shape index (κ3) is 3.11. The summed E-state index contributed by atoms with van der Waals surface area (Å²) in [5.41, 5.74) is 1.90. The van der Waals surface area contributed by atoms with Crippen molar-refractivity contribution < 1.29 is 9.72 Å². The zero-order valence-electron chi connectivity index (χ0n) is 12.1. The Labute approximate surface area is 127 Å². The monoisotopic (exact) mass is 304 g/mol. The fraction of sp³-hybridized carbons (Fsp3) is 0.267. The van der Waals surface area contributed by atoms with Crippen molar-refractivity contribution in [2.24, 2.45) is 0 Å². The number of carbonyl (C=O) groups is 1. The molecule has 5 nitrogen and oxygen atoms in total. The van der Waals surface area contributed by atoms with E-state index >= 15 is 0 Å². The molecule has 21 heavy (non-hydrogen) atoms. The van der Waals surface area contributed by atoms with Crippen molar-refractivity contribution in [3.63, 3.8) is 0 Å². The molecule has 1 aromatic carbocycles. The van der Waals surface area contributed by atoms with E-state index in [9.17, 15) is 14.9 Å². The van der Waals surface area contributed by atoms with E-state index in [4.69, 9.17) is 0 Å². The van der Waals surface area contributed by atoms with Crippen molar-refractivity contribution in [2.75, 3.05) is 7.05 Å². The number of carbonyl (C=O) groups excluding carboxylic acids is 1. The van der Waals surface area contributed by atoms with E-state index in [-0.39, 0.29) is 11.6 Å². The van der Waals surface area contributed by atoms with Crippen LogP contribution in [0.25, 0.3) is 0 Å². The zero-order chi connectivity index (χ0) is 15.6. The molecule has 1 heterocycles. The van der Waals surface area contributed by atoms with E-state index in [1.807, 2.05) is 18.4 Å². The van der Waals surface area contributed by atoms with Gasteiger partial charge in [0.25, 0.3) is 11.6 Å². The second-order valence-electron chi connectivity index (χ2n) is 4.89. The average molecular weight is 304 g/mol. The Kier molecular flexibility index (Phi) is 4.37. The molecule has 0 unspecified atom stereocenters. The largest absolute Gasteiger partial charge is 0.337 e. The molecule has 0 fully saturated rings. The summed E-state index contributed by atoms with van der Waals surface area (Å²) >= 11 is 1.60. The molecule has 0 aliphatic heterocycles. The van der Waals surface area contributed by atoms with E-state index in [0.29, 0.717) is 17.7 Å². The van der Waals surface area contributed by atoms with Gasteiger partial charge in [0.05, 0.1) is 11.5 Å². The third-order valence-electron chi connectivity index (χ3n) is 3.43. The van der Waals surface area contributed by atoms with E-state index in [1.54, 1.807) is 42.3 Å². The van der Waals surface area contributed by atoms with Crippen molar-refractivity contribution >= 4 is 22.9 Å². The minimum Gasteiger partial charge on any atom is -0.337 e. The summed E-state index contributed by atoms with van der Waals surface area (Å²) in [5, 5.41) is 12.9. The molecule has 0 bridgehead atoms. The lowest BCUT2D eigenvalue weighted by atomic mass is 10.1. The van der Waals surface area contributed by atoms with Crippen LogP contribution in [0, 0.1) is 24.0 Å². The number of nitrogens with zero attached hydrogens (tertiary/aromatic N) is 2. The molecule has 0 saturated carbocycles. The highest BCUT2D eigenvalue weighted by molar-refractivity contribution is 7.10. The van der Waals surface area contributed by atoms with Gasteiger partial charge >= 0.3 is 0 Å². The average Bonchev–Trinajstić information content (AvgIpc) is 2.83. The van der Waals surface area contributed by atoms with Crippen LogP contribution in [0.3, 0.4) is 0 Å². The van der Waals surface area contributed by atoms with Gasteiger partial charge in [0.2, 0.25) is 0 Å². The number of thiophene rings is 1. The minimum atomic E-state index is -0.463. The molecular formula is C15H16N2O3S. The highest BCUT2D eigenvalue weighted by atomic mass is 32.1. The number of benzene rings is 1. The number of hydrogen-bond acceptors (Lipinski definition) is 4. The first-order valence-electron chi connectivity index (χ1n) is 6.44. The van der Waals surface area contributed by atoms with Crippen molar-refractivity contribution in [3.8, 4) is 0 Å². The summed E-state index contributed by atoms with van der Waals surface area (Å²) in [5.74, 6) is -0.205. The Bertz CT molecular complexity index is 694. The van der Waals surface area contributed by atoms with Crippen LogP contribution in [-0.2, 0) is 6.54 Å². The van der Waals surface area contributed by atoms with E-state index in [2.05, 4.69) is 0 Å². The smallest absolute Gasteiger partial charge is 0.273 e. The molecule has 0 radical (unpaired) electrons. The minimum absolute atomic E-state index is 0.0263. The molecule has 1 amide bonds. The second-order valence-corrected chi connectivity index (χ2v) is 5.90. The van der Waals surface area contributed by atoms with Crippen molar-refractivity contribution in [2.45, 2.75) is 20.4 Å². The Morgan fingerprint density at radius 3 is 2.62 bits per heavy atom. The molecule has 6 heteroatoms. The summed E-state index contributed by atoms with van der Waals surface area (Å²) in [4.78, 5) is 25.7. The van der Waals surface area contributed by atoms with Gasteiger partial charge in [-0.1, -0.05) is 6.07 Å². The summed E-state index contributed by atoms with van der Waals surface area (Å²) in [7, 11) is 1.71. The lowest BCUT2D eigenvalue weighted by molar-refractivity contribution is -0.385. The van der Waals surface area contributed by atoms with E-state index < -0.39 is 4.92 Å². The van der Waals surface area contributed by atoms with Crippen LogP contribution in [0.15, 0.2) is 29.6 Å². The van der Waals surface area contributed by atoms with Gasteiger partial charge in [-0.25, -0.2) is 0 Å². The molecule has 0 N–H and O–H groups in total. The first kappa shape index (κ1) is 15.2. The molecule has 1 aromatic heterocycles. The van der Waals surface area contributed by atoms with Gasteiger partial charge in [-0.3, -0.25) is 14.9 Å². The van der Waals surface area contributed by atoms with Gasteiger partial charge in [0, 0.05) is 29.1 Å². The van der Waals surface area contributed by atoms with E-state index in [0.717, 1.165) is 10.4 Å². The molecule has 0 aliphatic carbocycles. The maximum atomic E-state index is 12.5. The van der Waals surface area contributed by atoms with Crippen LogP contribution in [0.2, 0.25) is 0 Å². The summed E-state index contributed by atoms with van der Waals surface area (Å²) < 4.78 is 0. The topological polar surface area (TPSA) is 63.5 Å². The van der Waals surface area contributed by atoms with Gasteiger partial charge < -0.3 is 4.90 Å². The molecular weight excluding hydrogens is 288 g/mol. The highest BCUT2D eigenvalue weighted by Gasteiger charge is 2.21. The Morgan fingerprint density at radius 2 is 2.05 bits per heavy atom. The third-order valence-corrected chi connectivity index (χ3v) is 4.44. The second kappa shape index (κ2) is 6.05. The lowest BCUT2D eigenvalue weighted by Crippen LogP contribution is -2.26. The predicted molar refractivity (Wildman–Crippen MR) is 82.7 cm³/mol. The number of amides is 1. The quantitative estimate of drug-likeness (QED) is 0.641. The van der Waals surface area contributed by atoms with Gasteiger partial charge in [0.15, 0.2) is 0 Å². The first-order chi connectivity index (χ1) is 9.91. The summed E-state index contributed by atoms with van der Waals surface area (Å²) in [6.45, 7) is 4.11. The Morgan fingerprint density at radius 1 is 1.33 bits per heavy atom. The van der Waals surface area contributed by atoms with Crippen LogP contribution in [0.4, 0.5) is 5.69 Å². The number of nitro benzene ring substituents is 1. The highest BCUT2D eigenvalue weighted by Crippen LogP contribution is 2.23. The van der Waals surface area contributed by atoms with Crippen molar-refractivity contribution in [1.29, 1.82) is 0 Å². The van der Waals surface area contributed by atoms with Crippen LogP contribution < -0.4 is 0 Å². The molecule has 0 aliphatic rings. The number of nitro groups is 1. The molecule has 110 valence electrons. The Hall–Kier alpha value is -2.21. The summed E-state index contributed by atoms with van der Waals surface area (Å²) in [6, 6.07) is 6.59. The van der Waals surface area contributed by atoms with E-state index in [1.165, 1.54) is 6.07 Å². The maximum Gasteiger partial charge on any atom is 0.273 e. The fourth-order valence-corrected chi connectivity index (χ4v) is 3.07. The molecule has 2 aromatic rings. The molecule has 2 rings (SSSR count).